The van der Waals surface area contributed by atoms with Gasteiger partial charge in [0.1, 0.15) is 0 Å². The minimum atomic E-state index is -0.301. The van der Waals surface area contributed by atoms with E-state index >= 15 is 0 Å². The first-order valence-electron chi connectivity index (χ1n) is 48.0. The Labute approximate surface area is 736 Å². The maximum atomic E-state index is 13.1. The van der Waals surface area contributed by atoms with Gasteiger partial charge in [0.2, 0.25) is 35.4 Å². The highest BCUT2D eigenvalue weighted by Crippen LogP contribution is 2.44. The largest absolute Gasteiger partial charge is 0.469 e. The first-order chi connectivity index (χ1) is 57.7. The number of hydrogen-bond donors (Lipinski definition) is 0. The van der Waals surface area contributed by atoms with Crippen molar-refractivity contribution in [1.29, 1.82) is 0 Å². The molecular weight excluding hydrogens is 1550 g/mol. The number of hydrogen-bond acceptors (Lipinski definition) is 18. The second-order valence-electron chi connectivity index (χ2n) is 40.5. The van der Waals surface area contributed by atoms with Crippen LogP contribution in [0.5, 0.6) is 0 Å². The van der Waals surface area contributed by atoms with E-state index in [1.165, 1.54) is 81.2 Å². The van der Waals surface area contributed by atoms with Crippen molar-refractivity contribution >= 4 is 71.3 Å². The summed E-state index contributed by atoms with van der Waals surface area (Å²) in [5.41, 5.74) is 0. The van der Waals surface area contributed by atoms with Crippen molar-refractivity contribution in [2.75, 3.05) is 81.9 Å². The van der Waals surface area contributed by atoms with Gasteiger partial charge in [0.25, 0.3) is 0 Å². The Morgan fingerprint density at radius 3 is 0.656 bits per heavy atom. The molecule has 10 rings (SSSR count). The Morgan fingerprint density at radius 2 is 0.459 bits per heavy atom. The number of ether oxygens (including phenoxy) is 6. The highest BCUT2D eigenvalue weighted by Gasteiger charge is 2.48. The monoisotopic (exact) mass is 1720 g/mol. The Bertz CT molecular complexity index is 3190. The molecule has 0 aromatic rings. The Balaban J connectivity index is 0.000000260. The van der Waals surface area contributed by atoms with Crippen molar-refractivity contribution in [1.82, 2.24) is 29.4 Å². The second-order valence-corrected chi connectivity index (χ2v) is 40.5. The Kier molecular flexibility index (Phi) is 45.8. The van der Waals surface area contributed by atoms with Gasteiger partial charge in [-0.1, -0.05) is 163 Å². The summed E-state index contributed by atoms with van der Waals surface area (Å²) in [7, 11) is 8.36. The molecule has 0 radical (unpaired) electrons. The zero-order chi connectivity index (χ0) is 91.1. The molecule has 24 heteroatoms. The van der Waals surface area contributed by atoms with E-state index in [9.17, 15) is 57.5 Å². The number of esters is 6. The number of amides is 6. The number of rotatable bonds is 30. The second kappa shape index (κ2) is 52.7. The van der Waals surface area contributed by atoms with Gasteiger partial charge in [0, 0.05) is 75.5 Å². The van der Waals surface area contributed by atoms with E-state index in [4.69, 9.17) is 28.4 Å². The summed E-state index contributed by atoms with van der Waals surface area (Å²) >= 11 is 0. The van der Waals surface area contributed by atoms with Gasteiger partial charge < -0.3 is 57.8 Å². The summed E-state index contributed by atoms with van der Waals surface area (Å²) in [5.74, 6) is 3.95. The van der Waals surface area contributed by atoms with Crippen molar-refractivity contribution in [2.45, 2.75) is 354 Å². The lowest BCUT2D eigenvalue weighted by Gasteiger charge is -2.37. The molecule has 14 atom stereocenters. The molecule has 4 aliphatic carbocycles. The quantitative estimate of drug-likeness (QED) is 0.0477. The van der Waals surface area contributed by atoms with E-state index in [0.29, 0.717) is 107 Å². The maximum Gasteiger partial charge on any atom is 0.306 e. The summed E-state index contributed by atoms with van der Waals surface area (Å²) in [6.45, 7) is 43.5. The minimum absolute atomic E-state index is 0.119. The zero-order valence-electron chi connectivity index (χ0n) is 80.5. The molecule has 6 saturated heterocycles. The van der Waals surface area contributed by atoms with Gasteiger partial charge in [-0.05, 0) is 198 Å². The van der Waals surface area contributed by atoms with Crippen LogP contribution in [0.15, 0.2) is 0 Å². The third kappa shape index (κ3) is 31.6. The van der Waals surface area contributed by atoms with E-state index in [0.717, 1.165) is 155 Å². The predicted molar refractivity (Wildman–Crippen MR) is 476 cm³/mol. The van der Waals surface area contributed by atoms with Crippen LogP contribution >= 0.6 is 0 Å². The van der Waals surface area contributed by atoms with E-state index in [1.54, 1.807) is 0 Å². The summed E-state index contributed by atoms with van der Waals surface area (Å²) in [4.78, 5) is 159. The van der Waals surface area contributed by atoms with Crippen LogP contribution in [0.1, 0.15) is 317 Å². The van der Waals surface area contributed by atoms with E-state index in [1.807, 2.05) is 47.3 Å². The van der Waals surface area contributed by atoms with Crippen LogP contribution in [0.2, 0.25) is 0 Å². The number of nitrogens with zero attached hydrogens (tertiary/aromatic N) is 6. The van der Waals surface area contributed by atoms with Crippen molar-refractivity contribution in [3.63, 3.8) is 0 Å². The molecule has 122 heavy (non-hydrogen) atoms. The fourth-order valence-electron chi connectivity index (χ4n) is 21.1. The molecular formula is C98H170N6O18. The van der Waals surface area contributed by atoms with Gasteiger partial charge in [-0.2, -0.15) is 0 Å². The molecule has 6 aliphatic heterocycles. The third-order valence-electron chi connectivity index (χ3n) is 28.9. The average molecular weight is 1720 g/mol. The summed E-state index contributed by atoms with van der Waals surface area (Å²) in [6.07, 6.45) is 28.0. The summed E-state index contributed by atoms with van der Waals surface area (Å²) in [5, 5.41) is 0. The molecule has 0 N–H and O–H groups in total. The standard InChI is InChI=1S/C18H31NO3.C17H29NO3.C16H27NO3.2C16H29NO3.C15H25NO3/c1-13(2)16-10-7-11-19(16)18(21)15(12-17(20)22-3)14-8-5-4-6-9-14;1-12(2)15-9-6-10-18(15)17(20)14(11-16(19)21-3)13-7-4-5-8-13;1-11(2)14-8-5-9-17(14)16(19)13(10-15(18)20-3)12-6-4-7-12;2*1-10(2)13(8-15(18)20-6)16(19)17-9-12(5)7-14(17)11(3)4;1-10(2)13-5-4-8-16(13)15(18)12(11-6-7-11)9-14(17)19-3/h13-16H,4-12H2,1-3H3;12-15H,4-11H2,1-3H3;11-14H,4-10H2,1-3H3;2*10-14H,7-9H2,1-6H3;10-13H,4-9H2,1-3H3/t15-,16-;14-,15-;13-,14-;12-,13+,14+;12-,13-,14-;12-,13-/m000100/s1. The molecule has 0 aromatic carbocycles. The highest BCUT2D eigenvalue weighted by molar-refractivity contribution is 5.88. The number of carbonyl (C=O) groups excluding carboxylic acids is 12. The van der Waals surface area contributed by atoms with Crippen molar-refractivity contribution < 1.29 is 86.0 Å². The molecule has 10 aliphatic rings. The Morgan fingerprint density at radius 1 is 0.246 bits per heavy atom. The SMILES string of the molecule is COC(=O)C[C@H](C(=O)N1CCC[C@H]1C(C)C)C1CC1.COC(=O)C[C@H](C(=O)N1CCC[C@H]1C(C)C)C1CCC1.COC(=O)C[C@H](C(=O)N1CCC[C@H]1C(C)C)C1CCCC1.COC(=O)C[C@H](C(=O)N1CCC[C@H]1C(C)C)C1CCCCC1.COC(=O)C[C@H](C(=O)N1C[C@@H](C)C[C@H]1C(C)C)C(C)C.COC(=O)C[C@H](C(=O)N1C[C@H](C)C[C@H]1C(C)C)C(C)C. The van der Waals surface area contributed by atoms with Crippen molar-refractivity contribution in [3.8, 4) is 0 Å². The fourth-order valence-corrected chi connectivity index (χ4v) is 21.1. The molecule has 0 bridgehead atoms. The van der Waals surface area contributed by atoms with Crippen LogP contribution in [0.25, 0.3) is 0 Å². The van der Waals surface area contributed by atoms with Crippen molar-refractivity contribution in [3.05, 3.63) is 0 Å². The lowest BCUT2D eigenvalue weighted by Crippen LogP contribution is -2.45. The smallest absolute Gasteiger partial charge is 0.306 e. The lowest BCUT2D eigenvalue weighted by molar-refractivity contribution is -0.150. The maximum absolute atomic E-state index is 13.1. The molecule has 0 unspecified atom stereocenters. The number of methoxy groups -OCH3 is 6. The topological polar surface area (TPSA) is 280 Å². The Hall–Kier alpha value is -6.36. The lowest BCUT2D eigenvalue weighted by atomic mass is 9.73. The third-order valence-corrected chi connectivity index (χ3v) is 28.9. The van der Waals surface area contributed by atoms with Crippen LogP contribution < -0.4 is 0 Å². The molecule has 24 nitrogen and oxygen atoms in total. The molecule has 0 spiro atoms. The number of carbonyl (C=O) groups is 12. The predicted octanol–water partition coefficient (Wildman–Crippen LogP) is 16.7. The molecule has 6 heterocycles. The van der Waals surface area contributed by atoms with Gasteiger partial charge in [-0.15, -0.1) is 0 Å². The molecule has 10 fully saturated rings. The van der Waals surface area contributed by atoms with E-state index < -0.39 is 0 Å². The fraction of sp³-hybridized carbons (Fsp3) is 0.878. The first-order valence-corrected chi connectivity index (χ1v) is 48.0. The van der Waals surface area contributed by atoms with Crippen LogP contribution in [0, 0.1) is 118 Å². The average Bonchev–Trinajstić information content (AvgIpc) is 1.60. The molecule has 4 saturated carbocycles. The van der Waals surface area contributed by atoms with E-state index in [2.05, 4.69) is 107 Å². The van der Waals surface area contributed by atoms with Gasteiger partial charge in [0.15, 0.2) is 0 Å². The van der Waals surface area contributed by atoms with E-state index in [-0.39, 0.29) is 157 Å². The minimum Gasteiger partial charge on any atom is -0.469 e. The molecule has 6 amide bonds. The van der Waals surface area contributed by atoms with Crippen LogP contribution in [-0.2, 0) is 86.0 Å². The zero-order valence-corrected chi connectivity index (χ0v) is 80.5. The molecule has 700 valence electrons. The first kappa shape index (κ1) is 106. The van der Waals surface area contributed by atoms with Crippen molar-refractivity contribution in [2.24, 2.45) is 118 Å². The van der Waals surface area contributed by atoms with Crippen LogP contribution in [-0.4, -0.2) is 219 Å². The molecule has 0 aromatic heterocycles. The van der Waals surface area contributed by atoms with Gasteiger partial charge in [0.05, 0.1) is 117 Å². The normalized spacial score (nSPS) is 24.5. The van der Waals surface area contributed by atoms with Crippen LogP contribution in [0.3, 0.4) is 0 Å². The van der Waals surface area contributed by atoms with Gasteiger partial charge in [-0.3, -0.25) is 57.5 Å². The van der Waals surface area contributed by atoms with Crippen LogP contribution in [0.4, 0.5) is 0 Å². The summed E-state index contributed by atoms with van der Waals surface area (Å²) in [6, 6.07) is 2.00. The van der Waals surface area contributed by atoms with Gasteiger partial charge in [-0.25, -0.2) is 0 Å². The highest BCUT2D eigenvalue weighted by atomic mass is 16.5. The summed E-state index contributed by atoms with van der Waals surface area (Å²) < 4.78 is 28.6. The van der Waals surface area contributed by atoms with Gasteiger partial charge >= 0.3 is 35.8 Å². The number of likely N-dealkylation sites (tertiary alicyclic amines) is 6.